The van der Waals surface area contributed by atoms with Gasteiger partial charge >= 0.3 is 0 Å². The van der Waals surface area contributed by atoms with E-state index in [1.807, 2.05) is 44.4 Å². The number of hydrogen-bond acceptors (Lipinski definition) is 8. The summed E-state index contributed by atoms with van der Waals surface area (Å²) >= 11 is 1.25. The monoisotopic (exact) mass is 629 g/mol. The van der Waals surface area contributed by atoms with Crippen molar-refractivity contribution < 1.29 is 19.2 Å². The number of carbonyl (C=O) groups is 1. The Morgan fingerprint density at radius 2 is 1.76 bits per heavy atom. The summed E-state index contributed by atoms with van der Waals surface area (Å²) in [5.74, 6) is 0.884. The molecule has 45 heavy (non-hydrogen) atoms. The van der Waals surface area contributed by atoms with Crippen LogP contribution >= 0.6 is 11.3 Å². The topological polar surface area (TPSA) is 121 Å². The highest BCUT2D eigenvalue weighted by molar-refractivity contribution is 7.07. The second-order valence-electron chi connectivity index (χ2n) is 10.6. The molecule has 4 aromatic rings. The van der Waals surface area contributed by atoms with Gasteiger partial charge in [0.05, 0.1) is 34.9 Å². The van der Waals surface area contributed by atoms with Crippen LogP contribution in [0.25, 0.3) is 11.8 Å². The van der Waals surface area contributed by atoms with Gasteiger partial charge in [-0.15, -0.1) is 0 Å². The molecule has 5 rings (SSSR count). The van der Waals surface area contributed by atoms with Crippen LogP contribution in [0.5, 0.6) is 11.5 Å². The van der Waals surface area contributed by atoms with Gasteiger partial charge in [-0.05, 0) is 82.7 Å². The van der Waals surface area contributed by atoms with Gasteiger partial charge in [-0.3, -0.25) is 24.3 Å². The predicted molar refractivity (Wildman–Crippen MR) is 173 cm³/mol. The minimum Gasteiger partial charge on any atom is -0.497 e. The zero-order valence-corrected chi connectivity index (χ0v) is 27.1. The molecule has 0 radical (unpaired) electrons. The SMILES string of the molecule is CCN(CC)C(=O)C1=C(C)N=c2s/c(=C/c3cc(C)n(-c4ccc([N+](=O)[O-])cc4)c3C)c(=O)n2[C@H]1c1cc(OC)ccc1OC. The number of fused-ring (bicyclic) bond motifs is 1. The molecular weight excluding hydrogens is 594 g/mol. The van der Waals surface area contributed by atoms with Gasteiger partial charge in [0.25, 0.3) is 17.2 Å². The zero-order chi connectivity index (χ0) is 32.6. The number of hydrogen-bond donors (Lipinski definition) is 0. The van der Waals surface area contributed by atoms with Crippen molar-refractivity contribution >= 4 is 29.0 Å². The minimum absolute atomic E-state index is 0.0129. The van der Waals surface area contributed by atoms with Crippen LogP contribution in [0.15, 0.2) is 69.6 Å². The molecule has 0 N–H and O–H groups in total. The van der Waals surface area contributed by atoms with Crippen molar-refractivity contribution in [3.63, 3.8) is 0 Å². The van der Waals surface area contributed by atoms with Crippen molar-refractivity contribution in [1.82, 2.24) is 14.0 Å². The number of non-ortho nitro benzene ring substituents is 1. The number of benzene rings is 2. The fourth-order valence-corrected chi connectivity index (χ4v) is 6.86. The number of methoxy groups -OCH3 is 2. The molecule has 2 aromatic carbocycles. The summed E-state index contributed by atoms with van der Waals surface area (Å²) < 4.78 is 15.3. The van der Waals surface area contributed by atoms with Gasteiger partial charge in [0.2, 0.25) is 0 Å². The molecule has 0 aliphatic carbocycles. The van der Waals surface area contributed by atoms with Crippen molar-refractivity contribution in [2.45, 2.75) is 40.7 Å². The summed E-state index contributed by atoms with van der Waals surface area (Å²) in [6.45, 7) is 10.5. The minimum atomic E-state index is -0.797. The second-order valence-corrected chi connectivity index (χ2v) is 11.6. The quantitative estimate of drug-likeness (QED) is 0.200. The van der Waals surface area contributed by atoms with Gasteiger partial charge in [0.15, 0.2) is 4.80 Å². The fourth-order valence-electron chi connectivity index (χ4n) is 5.82. The first-order valence-corrected chi connectivity index (χ1v) is 15.3. The van der Waals surface area contributed by atoms with Crippen molar-refractivity contribution in [1.29, 1.82) is 0 Å². The maximum Gasteiger partial charge on any atom is 0.271 e. The Morgan fingerprint density at radius 1 is 1.07 bits per heavy atom. The number of aromatic nitrogens is 2. The van der Waals surface area contributed by atoms with E-state index in [-0.39, 0.29) is 17.2 Å². The van der Waals surface area contributed by atoms with Crippen LogP contribution in [0, 0.1) is 24.0 Å². The average molecular weight is 630 g/mol. The average Bonchev–Trinajstić information content (AvgIpc) is 3.49. The first kappa shape index (κ1) is 31.5. The summed E-state index contributed by atoms with van der Waals surface area (Å²) in [5, 5.41) is 11.1. The standard InChI is InChI=1S/C33H35N5O6S/c1-8-35(9-2)32(40)29-20(4)34-33-37(30(29)26-18-25(43-6)14-15-27(26)44-7)31(39)28(45-33)17-22-16-19(3)36(21(22)5)23-10-12-24(13-11-23)38(41)42/h10-18,30H,8-9H2,1-7H3/b28-17+/t30-/m0/s1. The molecule has 1 amide bonds. The zero-order valence-electron chi connectivity index (χ0n) is 26.3. The molecule has 0 unspecified atom stereocenters. The Balaban J connectivity index is 1.72. The van der Waals surface area contributed by atoms with Crippen LogP contribution < -0.4 is 24.4 Å². The lowest BCUT2D eigenvalue weighted by atomic mass is 9.93. The summed E-state index contributed by atoms with van der Waals surface area (Å²) in [7, 11) is 3.12. The van der Waals surface area contributed by atoms with E-state index in [4.69, 9.17) is 14.5 Å². The van der Waals surface area contributed by atoms with E-state index < -0.39 is 11.0 Å². The second kappa shape index (κ2) is 12.6. The lowest BCUT2D eigenvalue weighted by Gasteiger charge is -2.30. The van der Waals surface area contributed by atoms with E-state index in [0.717, 1.165) is 22.6 Å². The molecule has 0 spiro atoms. The molecule has 0 saturated carbocycles. The van der Waals surface area contributed by atoms with E-state index in [1.165, 1.54) is 23.5 Å². The van der Waals surface area contributed by atoms with Crippen LogP contribution in [0.4, 0.5) is 5.69 Å². The summed E-state index contributed by atoms with van der Waals surface area (Å²) in [6, 6.07) is 12.9. The van der Waals surface area contributed by atoms with Gasteiger partial charge in [-0.2, -0.15) is 0 Å². The smallest absolute Gasteiger partial charge is 0.271 e. The summed E-state index contributed by atoms with van der Waals surface area (Å²) in [6.07, 6.45) is 1.83. The predicted octanol–water partition coefficient (Wildman–Crippen LogP) is 4.44. The van der Waals surface area contributed by atoms with Crippen molar-refractivity contribution in [2.24, 2.45) is 4.99 Å². The molecular formula is C33H35N5O6S. The Kier molecular flexibility index (Phi) is 8.78. The number of rotatable bonds is 9. The molecule has 0 fully saturated rings. The Bertz CT molecular complexity index is 2020. The first-order valence-electron chi connectivity index (χ1n) is 14.5. The molecule has 0 bridgehead atoms. The third-order valence-electron chi connectivity index (χ3n) is 8.11. The van der Waals surface area contributed by atoms with E-state index in [2.05, 4.69) is 0 Å². The third-order valence-corrected chi connectivity index (χ3v) is 9.09. The van der Waals surface area contributed by atoms with E-state index >= 15 is 0 Å². The number of thiazole rings is 1. The molecule has 234 valence electrons. The van der Waals surface area contributed by atoms with Gasteiger partial charge in [-0.25, -0.2) is 4.99 Å². The van der Waals surface area contributed by atoms with Crippen LogP contribution in [0.2, 0.25) is 0 Å². The maximum absolute atomic E-state index is 14.3. The fraction of sp³-hybridized carbons (Fsp3) is 0.303. The number of allylic oxidation sites excluding steroid dienone is 1. The number of carbonyl (C=O) groups excluding carboxylic acids is 1. The highest BCUT2D eigenvalue weighted by Gasteiger charge is 2.36. The normalized spacial score (nSPS) is 14.6. The summed E-state index contributed by atoms with van der Waals surface area (Å²) in [5.41, 5.74) is 4.65. The number of nitrogens with zero attached hydrogens (tertiary/aromatic N) is 5. The van der Waals surface area contributed by atoms with E-state index in [1.54, 1.807) is 60.9 Å². The Morgan fingerprint density at radius 3 is 2.36 bits per heavy atom. The number of amides is 1. The van der Waals surface area contributed by atoms with Gasteiger partial charge in [-0.1, -0.05) is 11.3 Å². The van der Waals surface area contributed by atoms with Gasteiger partial charge in [0.1, 0.15) is 17.5 Å². The number of ether oxygens (including phenoxy) is 2. The summed E-state index contributed by atoms with van der Waals surface area (Å²) in [4.78, 5) is 46.0. The van der Waals surface area contributed by atoms with Crippen LogP contribution in [0.3, 0.4) is 0 Å². The molecule has 2 aromatic heterocycles. The Hall–Kier alpha value is -4.97. The highest BCUT2D eigenvalue weighted by atomic mass is 32.1. The van der Waals surface area contributed by atoms with E-state index in [0.29, 0.717) is 50.8 Å². The van der Waals surface area contributed by atoms with E-state index in [9.17, 15) is 19.7 Å². The number of aryl methyl sites for hydroxylation is 1. The number of likely N-dealkylation sites (N-methyl/N-ethyl adjacent to an activating group) is 1. The van der Waals surface area contributed by atoms with Crippen molar-refractivity contribution in [2.75, 3.05) is 27.3 Å². The molecule has 1 aliphatic rings. The molecule has 12 heteroatoms. The first-order chi connectivity index (χ1) is 21.5. The lowest BCUT2D eigenvalue weighted by molar-refractivity contribution is -0.384. The van der Waals surface area contributed by atoms with Gasteiger partial charge in [0, 0.05) is 47.9 Å². The highest BCUT2D eigenvalue weighted by Crippen LogP contribution is 2.38. The molecule has 3 heterocycles. The maximum atomic E-state index is 14.3. The third kappa shape index (κ3) is 5.57. The molecule has 0 saturated heterocycles. The molecule has 1 aliphatic heterocycles. The molecule has 1 atom stereocenters. The van der Waals surface area contributed by atoms with Crippen LogP contribution in [-0.2, 0) is 4.79 Å². The van der Waals surface area contributed by atoms with Crippen LogP contribution in [0.1, 0.15) is 49.3 Å². The van der Waals surface area contributed by atoms with Crippen molar-refractivity contribution in [3.8, 4) is 17.2 Å². The van der Waals surface area contributed by atoms with Crippen molar-refractivity contribution in [3.05, 3.63) is 112 Å². The largest absolute Gasteiger partial charge is 0.497 e. The number of nitro groups is 1. The Labute approximate surface area is 264 Å². The van der Waals surface area contributed by atoms with Crippen LogP contribution in [-0.4, -0.2) is 52.2 Å². The molecule has 11 nitrogen and oxygen atoms in total. The lowest BCUT2D eigenvalue weighted by Crippen LogP contribution is -2.43. The van der Waals surface area contributed by atoms with Gasteiger partial charge < -0.3 is 18.9 Å². The number of nitro benzene ring substituents is 1.